The van der Waals surface area contributed by atoms with Crippen LogP contribution in [0, 0.1) is 0 Å². The fourth-order valence-corrected chi connectivity index (χ4v) is 2.42. The van der Waals surface area contributed by atoms with Gasteiger partial charge in [-0.05, 0) is 23.3 Å². The summed E-state index contributed by atoms with van der Waals surface area (Å²) in [6.07, 6.45) is 0.0403. The van der Waals surface area contributed by atoms with Crippen LogP contribution in [0.3, 0.4) is 0 Å². The summed E-state index contributed by atoms with van der Waals surface area (Å²) in [7, 11) is 0. The van der Waals surface area contributed by atoms with Crippen molar-refractivity contribution in [3.05, 3.63) is 70.7 Å². The molecule has 98 valence electrons. The predicted octanol–water partition coefficient (Wildman–Crippen LogP) is 4.12. The number of rotatable bonds is 4. The number of aliphatic carboxylic acids is 1. The van der Waals surface area contributed by atoms with Crippen LogP contribution in [0.25, 0.3) is 0 Å². The van der Waals surface area contributed by atoms with Gasteiger partial charge in [-0.3, -0.25) is 4.79 Å². The van der Waals surface area contributed by atoms with E-state index in [1.54, 1.807) is 12.1 Å². The Kier molecular flexibility index (Phi) is 3.91. The van der Waals surface area contributed by atoms with Crippen LogP contribution < -0.4 is 0 Å². The lowest BCUT2D eigenvalue weighted by atomic mass is 9.74. The topological polar surface area (TPSA) is 37.3 Å². The van der Waals surface area contributed by atoms with E-state index in [9.17, 15) is 9.90 Å². The van der Waals surface area contributed by atoms with Gasteiger partial charge in [-0.15, -0.1) is 0 Å². The van der Waals surface area contributed by atoms with Gasteiger partial charge in [0.2, 0.25) is 0 Å². The maximum atomic E-state index is 11.2. The van der Waals surface area contributed by atoms with Crippen molar-refractivity contribution in [2.24, 2.45) is 0 Å². The average Bonchev–Trinajstić information content (AvgIpc) is 2.39. The second-order valence-corrected chi connectivity index (χ2v) is 5.21. The molecule has 1 N–H and O–H groups in total. The van der Waals surface area contributed by atoms with Crippen LogP contribution in [0.5, 0.6) is 0 Å². The first-order valence-electron chi connectivity index (χ1n) is 6.06. The summed E-state index contributed by atoms with van der Waals surface area (Å²) in [6, 6.07) is 17.0. The van der Waals surface area contributed by atoms with Gasteiger partial charge in [-0.2, -0.15) is 0 Å². The van der Waals surface area contributed by atoms with Gasteiger partial charge in [-0.25, -0.2) is 0 Å². The molecule has 2 nitrogen and oxygen atoms in total. The van der Waals surface area contributed by atoms with E-state index in [1.807, 2.05) is 49.4 Å². The van der Waals surface area contributed by atoms with Gasteiger partial charge >= 0.3 is 5.97 Å². The minimum Gasteiger partial charge on any atom is -0.481 e. The zero-order valence-electron chi connectivity index (χ0n) is 10.6. The van der Waals surface area contributed by atoms with Crippen molar-refractivity contribution < 1.29 is 9.90 Å². The fourth-order valence-electron chi connectivity index (χ4n) is 2.30. The highest BCUT2D eigenvalue weighted by Crippen LogP contribution is 2.35. The fraction of sp³-hybridized carbons (Fsp3) is 0.188. The molecule has 0 aliphatic rings. The monoisotopic (exact) mass is 274 g/mol. The Balaban J connectivity index is 2.51. The molecule has 2 rings (SSSR count). The van der Waals surface area contributed by atoms with E-state index < -0.39 is 11.4 Å². The van der Waals surface area contributed by atoms with E-state index in [-0.39, 0.29) is 6.42 Å². The van der Waals surface area contributed by atoms with Gasteiger partial charge in [0.25, 0.3) is 0 Å². The van der Waals surface area contributed by atoms with E-state index >= 15 is 0 Å². The summed E-state index contributed by atoms with van der Waals surface area (Å²) in [5.41, 5.74) is 1.38. The van der Waals surface area contributed by atoms with Crippen molar-refractivity contribution in [2.45, 2.75) is 18.8 Å². The molecule has 0 aromatic heterocycles. The smallest absolute Gasteiger partial charge is 0.304 e. The average molecular weight is 275 g/mol. The van der Waals surface area contributed by atoms with Crippen molar-refractivity contribution in [3.63, 3.8) is 0 Å². The van der Waals surface area contributed by atoms with Crippen molar-refractivity contribution in [2.75, 3.05) is 0 Å². The maximum Gasteiger partial charge on any atom is 0.304 e. The zero-order valence-corrected chi connectivity index (χ0v) is 11.4. The molecule has 0 spiro atoms. The largest absolute Gasteiger partial charge is 0.481 e. The van der Waals surface area contributed by atoms with Gasteiger partial charge in [0.1, 0.15) is 0 Å². The van der Waals surface area contributed by atoms with Crippen LogP contribution in [-0.2, 0) is 10.2 Å². The second-order valence-electron chi connectivity index (χ2n) is 4.78. The van der Waals surface area contributed by atoms with Gasteiger partial charge in [-0.1, -0.05) is 61.0 Å². The molecule has 2 aromatic carbocycles. The molecule has 0 saturated heterocycles. The normalized spacial score (nSPS) is 13.8. The highest BCUT2D eigenvalue weighted by molar-refractivity contribution is 6.30. The van der Waals surface area contributed by atoms with E-state index in [1.165, 1.54) is 0 Å². The lowest BCUT2D eigenvalue weighted by molar-refractivity contribution is -0.138. The molecule has 0 amide bonds. The summed E-state index contributed by atoms with van der Waals surface area (Å²) >= 11 is 5.90. The predicted molar refractivity (Wildman–Crippen MR) is 76.6 cm³/mol. The van der Waals surface area contributed by atoms with Gasteiger partial charge < -0.3 is 5.11 Å². The van der Waals surface area contributed by atoms with E-state index in [4.69, 9.17) is 11.6 Å². The van der Waals surface area contributed by atoms with Crippen LogP contribution in [0.1, 0.15) is 24.5 Å². The first-order chi connectivity index (χ1) is 9.02. The van der Waals surface area contributed by atoms with Crippen molar-refractivity contribution >= 4 is 17.6 Å². The molecule has 2 aromatic rings. The minimum atomic E-state index is -0.818. The Labute approximate surface area is 117 Å². The highest BCUT2D eigenvalue weighted by atomic mass is 35.5. The van der Waals surface area contributed by atoms with Crippen molar-refractivity contribution in [3.8, 4) is 0 Å². The van der Waals surface area contributed by atoms with E-state index in [2.05, 4.69) is 0 Å². The lowest BCUT2D eigenvalue weighted by Gasteiger charge is -2.29. The molecule has 0 aliphatic carbocycles. The lowest BCUT2D eigenvalue weighted by Crippen LogP contribution is -2.27. The molecule has 0 bridgehead atoms. The maximum absolute atomic E-state index is 11.2. The molecule has 0 radical (unpaired) electrons. The summed E-state index contributed by atoms with van der Waals surface area (Å²) in [5, 5.41) is 9.85. The van der Waals surface area contributed by atoms with E-state index in [0.29, 0.717) is 5.02 Å². The Morgan fingerprint density at radius 1 is 1.05 bits per heavy atom. The minimum absolute atomic E-state index is 0.0403. The number of hydrogen-bond donors (Lipinski definition) is 1. The first-order valence-corrected chi connectivity index (χ1v) is 6.43. The molecule has 0 saturated carbocycles. The Morgan fingerprint density at radius 3 is 2.11 bits per heavy atom. The van der Waals surface area contributed by atoms with Gasteiger partial charge in [0.15, 0.2) is 0 Å². The van der Waals surface area contributed by atoms with Gasteiger partial charge in [0.05, 0.1) is 6.42 Å². The number of carbonyl (C=O) groups is 1. The molecule has 19 heavy (non-hydrogen) atoms. The zero-order chi connectivity index (χ0) is 13.9. The molecule has 3 heteroatoms. The highest BCUT2D eigenvalue weighted by Gasteiger charge is 2.31. The molecule has 0 fully saturated rings. The Morgan fingerprint density at radius 2 is 1.58 bits per heavy atom. The third-order valence-corrected chi connectivity index (χ3v) is 3.65. The number of carboxylic acids is 1. The summed E-state index contributed by atoms with van der Waals surface area (Å²) in [4.78, 5) is 11.2. The molecular weight excluding hydrogens is 260 g/mol. The number of hydrogen-bond acceptors (Lipinski definition) is 1. The molecular formula is C16H15ClO2. The van der Waals surface area contributed by atoms with Crippen molar-refractivity contribution in [1.82, 2.24) is 0 Å². The first kappa shape index (κ1) is 13.6. The molecule has 0 aliphatic heterocycles. The van der Waals surface area contributed by atoms with Gasteiger partial charge in [0, 0.05) is 10.4 Å². The van der Waals surface area contributed by atoms with Crippen LogP contribution in [0.2, 0.25) is 5.02 Å². The number of carboxylic acid groups (broad SMARTS) is 1. The molecule has 1 atom stereocenters. The summed E-state index contributed by atoms with van der Waals surface area (Å²) in [6.45, 7) is 1.94. The summed E-state index contributed by atoms with van der Waals surface area (Å²) in [5.74, 6) is -0.818. The Hall–Kier alpha value is -1.80. The summed E-state index contributed by atoms with van der Waals surface area (Å²) < 4.78 is 0. The molecule has 1 unspecified atom stereocenters. The second kappa shape index (κ2) is 5.45. The Bertz CT molecular complexity index is 563. The number of halogens is 1. The quantitative estimate of drug-likeness (QED) is 0.910. The van der Waals surface area contributed by atoms with Crippen LogP contribution in [0.15, 0.2) is 54.6 Å². The van der Waals surface area contributed by atoms with Crippen molar-refractivity contribution in [1.29, 1.82) is 0 Å². The standard InChI is InChI=1S/C16H15ClO2/c1-16(11-15(18)19,12-5-3-2-4-6-12)13-7-9-14(17)10-8-13/h2-10H,11H2,1H3,(H,18,19). The van der Waals surface area contributed by atoms with Crippen LogP contribution >= 0.6 is 11.6 Å². The third-order valence-electron chi connectivity index (χ3n) is 3.40. The SMILES string of the molecule is CC(CC(=O)O)(c1ccccc1)c1ccc(Cl)cc1. The third kappa shape index (κ3) is 2.96. The van der Waals surface area contributed by atoms with E-state index in [0.717, 1.165) is 11.1 Å². The number of benzene rings is 2. The van der Waals surface area contributed by atoms with Crippen LogP contribution in [-0.4, -0.2) is 11.1 Å². The van der Waals surface area contributed by atoms with Crippen LogP contribution in [0.4, 0.5) is 0 Å². The molecule has 0 heterocycles.